The molecule has 8 heteroatoms. The first-order valence-electron chi connectivity index (χ1n) is 6.16. The van der Waals surface area contributed by atoms with Crippen LogP contribution in [0.15, 0.2) is 18.5 Å². The molecule has 0 aliphatic carbocycles. The van der Waals surface area contributed by atoms with Crippen molar-refractivity contribution in [1.82, 2.24) is 19.6 Å². The lowest BCUT2D eigenvalue weighted by Crippen LogP contribution is -2.07. The van der Waals surface area contributed by atoms with Gasteiger partial charge in [0.1, 0.15) is 12.4 Å². The predicted octanol–water partition coefficient (Wildman–Crippen LogP) is 2.71. The zero-order valence-corrected chi connectivity index (χ0v) is 12.2. The van der Waals surface area contributed by atoms with E-state index in [9.17, 15) is 8.78 Å². The van der Waals surface area contributed by atoms with Crippen molar-refractivity contribution in [2.24, 2.45) is 0 Å². The lowest BCUT2D eigenvalue weighted by atomic mass is 10.3. The van der Waals surface area contributed by atoms with E-state index in [0.717, 1.165) is 23.6 Å². The zero-order chi connectivity index (χ0) is 13.8. The Bertz CT molecular complexity index is 538. The highest BCUT2D eigenvalue weighted by atomic mass is 35.5. The van der Waals surface area contributed by atoms with Crippen molar-refractivity contribution in [3.05, 3.63) is 29.7 Å². The van der Waals surface area contributed by atoms with Gasteiger partial charge in [0.15, 0.2) is 0 Å². The Morgan fingerprint density at radius 1 is 1.40 bits per heavy atom. The molecule has 0 unspecified atom stereocenters. The first-order valence-corrected chi connectivity index (χ1v) is 6.16. The molecule has 0 radical (unpaired) electrons. The Hall–Kier alpha value is -1.63. The fourth-order valence-electron chi connectivity index (χ4n) is 1.86. The van der Waals surface area contributed by atoms with Crippen LogP contribution in [-0.4, -0.2) is 26.0 Å². The van der Waals surface area contributed by atoms with Crippen molar-refractivity contribution >= 4 is 18.2 Å². The maximum atomic E-state index is 12.2. The smallest absolute Gasteiger partial charge is 0.257 e. The van der Waals surface area contributed by atoms with Gasteiger partial charge >= 0.3 is 0 Å². The highest BCUT2D eigenvalue weighted by Gasteiger charge is 2.07. The van der Waals surface area contributed by atoms with E-state index in [4.69, 9.17) is 0 Å². The maximum absolute atomic E-state index is 12.2. The number of nitrogens with one attached hydrogen (secondary N) is 1. The van der Waals surface area contributed by atoms with E-state index in [0.29, 0.717) is 6.54 Å². The number of anilines is 1. The molecule has 0 atom stereocenters. The van der Waals surface area contributed by atoms with E-state index in [1.165, 1.54) is 4.68 Å². The van der Waals surface area contributed by atoms with Gasteiger partial charge in [0.25, 0.3) is 6.43 Å². The Labute approximate surface area is 122 Å². The fourth-order valence-corrected chi connectivity index (χ4v) is 1.86. The van der Waals surface area contributed by atoms with Crippen LogP contribution in [0.4, 0.5) is 14.6 Å². The van der Waals surface area contributed by atoms with Gasteiger partial charge in [0.05, 0.1) is 11.9 Å². The summed E-state index contributed by atoms with van der Waals surface area (Å²) in [6, 6.07) is 1.95. The van der Waals surface area contributed by atoms with Crippen molar-refractivity contribution in [2.45, 2.75) is 39.9 Å². The molecule has 1 N–H and O–H groups in total. The summed E-state index contributed by atoms with van der Waals surface area (Å²) in [5, 5.41) is 11.4. The molecule has 0 aliphatic heterocycles. The summed E-state index contributed by atoms with van der Waals surface area (Å²) in [5.74, 6) is 0.918. The Balaban J connectivity index is 0.00000200. The minimum Gasteiger partial charge on any atom is -0.366 e. The SMILES string of the molecule is CCn1nc(C)cc1NCc1cnn(CC(F)F)c1.Cl. The predicted molar refractivity (Wildman–Crippen MR) is 75.4 cm³/mol. The molecule has 0 fully saturated rings. The molecule has 0 saturated carbocycles. The number of nitrogens with zero attached hydrogens (tertiary/aromatic N) is 4. The van der Waals surface area contributed by atoms with Gasteiger partial charge < -0.3 is 5.32 Å². The first kappa shape index (κ1) is 16.4. The van der Waals surface area contributed by atoms with Crippen LogP contribution in [0, 0.1) is 6.92 Å². The average Bonchev–Trinajstić information content (AvgIpc) is 2.92. The summed E-state index contributed by atoms with van der Waals surface area (Å²) >= 11 is 0. The quantitative estimate of drug-likeness (QED) is 0.892. The average molecular weight is 306 g/mol. The van der Waals surface area contributed by atoms with E-state index in [1.807, 2.05) is 24.6 Å². The van der Waals surface area contributed by atoms with Crippen LogP contribution in [0.3, 0.4) is 0 Å². The van der Waals surface area contributed by atoms with Gasteiger partial charge in [-0.3, -0.25) is 4.68 Å². The van der Waals surface area contributed by atoms with E-state index in [-0.39, 0.29) is 19.0 Å². The van der Waals surface area contributed by atoms with Crippen LogP contribution in [-0.2, 0) is 19.6 Å². The molecule has 20 heavy (non-hydrogen) atoms. The van der Waals surface area contributed by atoms with E-state index in [1.54, 1.807) is 12.4 Å². The normalized spacial score (nSPS) is 10.7. The lowest BCUT2D eigenvalue weighted by molar-refractivity contribution is 0.122. The van der Waals surface area contributed by atoms with Gasteiger partial charge in [-0.2, -0.15) is 10.2 Å². The molecule has 0 saturated heterocycles. The molecular formula is C12H18ClF2N5. The Kier molecular flexibility index (Phi) is 5.94. The molecule has 0 aliphatic rings. The van der Waals surface area contributed by atoms with Crippen molar-refractivity contribution < 1.29 is 8.78 Å². The first-order chi connectivity index (χ1) is 9.08. The molecule has 2 heterocycles. The molecule has 2 aromatic rings. The number of hydrogen-bond donors (Lipinski definition) is 1. The highest BCUT2D eigenvalue weighted by molar-refractivity contribution is 5.85. The molecule has 0 bridgehead atoms. The number of aromatic nitrogens is 4. The third kappa shape index (κ3) is 4.19. The van der Waals surface area contributed by atoms with Crippen LogP contribution in [0.2, 0.25) is 0 Å². The number of aryl methyl sites for hydroxylation is 2. The Morgan fingerprint density at radius 2 is 2.15 bits per heavy atom. The van der Waals surface area contributed by atoms with Crippen molar-refractivity contribution in [3.8, 4) is 0 Å². The molecular weight excluding hydrogens is 288 g/mol. The monoisotopic (exact) mass is 305 g/mol. The van der Waals surface area contributed by atoms with E-state index < -0.39 is 6.43 Å². The summed E-state index contributed by atoms with van der Waals surface area (Å²) in [7, 11) is 0. The van der Waals surface area contributed by atoms with Crippen LogP contribution in [0.1, 0.15) is 18.2 Å². The van der Waals surface area contributed by atoms with Crippen LogP contribution < -0.4 is 5.32 Å². The number of alkyl halides is 2. The highest BCUT2D eigenvalue weighted by Crippen LogP contribution is 2.11. The molecule has 0 aromatic carbocycles. The summed E-state index contributed by atoms with van der Waals surface area (Å²) in [5.41, 5.74) is 1.81. The van der Waals surface area contributed by atoms with Gasteiger partial charge in [0.2, 0.25) is 0 Å². The summed E-state index contributed by atoms with van der Waals surface area (Å²) in [6.07, 6.45) is 0.831. The number of rotatable bonds is 6. The van der Waals surface area contributed by atoms with Gasteiger partial charge in [-0.1, -0.05) is 0 Å². The maximum Gasteiger partial charge on any atom is 0.257 e. The molecule has 2 aromatic heterocycles. The van der Waals surface area contributed by atoms with Crippen LogP contribution in [0.5, 0.6) is 0 Å². The second kappa shape index (κ2) is 7.23. The second-order valence-electron chi connectivity index (χ2n) is 4.30. The summed E-state index contributed by atoms with van der Waals surface area (Å²) in [4.78, 5) is 0. The topological polar surface area (TPSA) is 47.7 Å². The number of halogens is 3. The summed E-state index contributed by atoms with van der Waals surface area (Å²) < 4.78 is 27.5. The molecule has 112 valence electrons. The minimum absolute atomic E-state index is 0. The molecule has 0 amide bonds. The number of hydrogen-bond acceptors (Lipinski definition) is 3. The van der Waals surface area contributed by atoms with Crippen LogP contribution >= 0.6 is 12.4 Å². The van der Waals surface area contributed by atoms with Gasteiger partial charge in [-0.25, -0.2) is 13.5 Å². The second-order valence-corrected chi connectivity index (χ2v) is 4.30. The largest absolute Gasteiger partial charge is 0.366 e. The molecule has 2 rings (SSSR count). The van der Waals surface area contributed by atoms with Crippen LogP contribution in [0.25, 0.3) is 0 Å². The molecule has 5 nitrogen and oxygen atoms in total. The Morgan fingerprint density at radius 3 is 2.80 bits per heavy atom. The summed E-state index contributed by atoms with van der Waals surface area (Å²) in [6.45, 7) is 4.89. The zero-order valence-electron chi connectivity index (χ0n) is 11.4. The fraction of sp³-hybridized carbons (Fsp3) is 0.500. The van der Waals surface area contributed by atoms with E-state index >= 15 is 0 Å². The minimum atomic E-state index is -2.38. The van der Waals surface area contributed by atoms with Gasteiger partial charge in [-0.15, -0.1) is 12.4 Å². The third-order valence-electron chi connectivity index (χ3n) is 2.69. The van der Waals surface area contributed by atoms with E-state index in [2.05, 4.69) is 15.5 Å². The van der Waals surface area contributed by atoms with Gasteiger partial charge in [0, 0.05) is 30.9 Å². The van der Waals surface area contributed by atoms with Crippen molar-refractivity contribution in [1.29, 1.82) is 0 Å². The van der Waals surface area contributed by atoms with Crippen molar-refractivity contribution in [2.75, 3.05) is 5.32 Å². The van der Waals surface area contributed by atoms with Gasteiger partial charge in [-0.05, 0) is 13.8 Å². The standard InChI is InChI=1S/C12H17F2N5.ClH/c1-3-19-12(4-9(2)17-19)15-5-10-6-16-18(7-10)8-11(13)14;/h4,6-7,11,15H,3,5,8H2,1-2H3;1H. The third-order valence-corrected chi connectivity index (χ3v) is 2.69. The van der Waals surface area contributed by atoms with Crippen molar-refractivity contribution in [3.63, 3.8) is 0 Å². The molecule has 0 spiro atoms. The lowest BCUT2D eigenvalue weighted by Gasteiger charge is -2.06.